The summed E-state index contributed by atoms with van der Waals surface area (Å²) in [6, 6.07) is 12.7. The average Bonchev–Trinajstić information content (AvgIpc) is 3.42. The normalized spacial score (nSPS) is 18.5. The first-order valence-corrected chi connectivity index (χ1v) is 12.7. The van der Waals surface area contributed by atoms with E-state index in [-0.39, 0.29) is 11.9 Å². The summed E-state index contributed by atoms with van der Waals surface area (Å²) >= 11 is 0. The minimum absolute atomic E-state index is 0.0333. The molecule has 3 N–H and O–H groups in total. The molecule has 36 heavy (non-hydrogen) atoms. The number of fused-ring (bicyclic) bond motifs is 2. The third-order valence-corrected chi connectivity index (χ3v) is 7.10. The Morgan fingerprint density at radius 3 is 2.75 bits per heavy atom. The molecule has 0 unspecified atom stereocenters. The Balaban J connectivity index is 1.43. The first-order chi connectivity index (χ1) is 17.5. The average molecular weight is 485 g/mol. The fraction of sp³-hybridized carbons (Fsp3) is 0.370. The number of para-hydroxylation sites is 1. The van der Waals surface area contributed by atoms with Crippen molar-refractivity contribution < 1.29 is 4.79 Å². The van der Waals surface area contributed by atoms with Crippen molar-refractivity contribution in [1.82, 2.24) is 29.8 Å². The highest BCUT2D eigenvalue weighted by atomic mass is 16.1. The number of hydrogen-bond acceptors (Lipinski definition) is 6. The Kier molecular flexibility index (Phi) is 5.94. The number of benzene rings is 2. The monoisotopic (exact) mass is 484 g/mol. The number of carbonyl (C=O) groups excluding carboxylic acids is 1. The highest BCUT2D eigenvalue weighted by Gasteiger charge is 2.22. The Bertz CT molecular complexity index is 1410. The quantitative estimate of drug-likeness (QED) is 0.403. The van der Waals surface area contributed by atoms with Crippen LogP contribution < -0.4 is 16.0 Å². The maximum Gasteiger partial charge on any atom is 0.226 e. The number of rotatable bonds is 5. The van der Waals surface area contributed by atoms with Gasteiger partial charge < -0.3 is 16.0 Å². The molecule has 0 spiro atoms. The summed E-state index contributed by atoms with van der Waals surface area (Å²) in [4.78, 5) is 14.8. The lowest BCUT2D eigenvalue weighted by atomic mass is 9.99. The van der Waals surface area contributed by atoms with Gasteiger partial charge in [0.15, 0.2) is 0 Å². The van der Waals surface area contributed by atoms with Gasteiger partial charge in [-0.05, 0) is 30.7 Å². The van der Waals surface area contributed by atoms with Crippen LogP contribution in [0, 0.1) is 0 Å². The molecule has 9 heteroatoms. The molecular formula is C27H32N8O. The van der Waals surface area contributed by atoms with E-state index in [1.807, 2.05) is 43.2 Å². The van der Waals surface area contributed by atoms with E-state index in [0.29, 0.717) is 6.42 Å². The molecule has 0 aliphatic carbocycles. The van der Waals surface area contributed by atoms with Crippen LogP contribution >= 0.6 is 0 Å². The zero-order valence-electron chi connectivity index (χ0n) is 20.8. The van der Waals surface area contributed by atoms with Gasteiger partial charge in [0.2, 0.25) is 5.91 Å². The van der Waals surface area contributed by atoms with Crippen molar-refractivity contribution in [3.8, 4) is 22.4 Å². The summed E-state index contributed by atoms with van der Waals surface area (Å²) in [5.74, 6) is 0.0333. The molecule has 2 aromatic carbocycles. The molecule has 2 aromatic heterocycles. The van der Waals surface area contributed by atoms with Crippen molar-refractivity contribution in [2.75, 3.05) is 43.4 Å². The molecule has 0 saturated carbocycles. The number of aryl methyl sites for hydroxylation is 1. The van der Waals surface area contributed by atoms with Gasteiger partial charge in [-0.15, -0.1) is 0 Å². The Hall–Kier alpha value is -3.69. The van der Waals surface area contributed by atoms with Crippen LogP contribution in [-0.4, -0.2) is 69.1 Å². The van der Waals surface area contributed by atoms with Gasteiger partial charge in [-0.2, -0.15) is 10.2 Å². The Morgan fingerprint density at radius 2 is 1.94 bits per heavy atom. The number of piperazine rings is 1. The molecular weight excluding hydrogens is 452 g/mol. The lowest BCUT2D eigenvalue weighted by Crippen LogP contribution is -2.44. The molecule has 4 heterocycles. The Morgan fingerprint density at radius 1 is 1.08 bits per heavy atom. The van der Waals surface area contributed by atoms with E-state index in [1.54, 1.807) is 0 Å². The number of anilines is 2. The number of hydrogen-bond donors (Lipinski definition) is 3. The van der Waals surface area contributed by atoms with E-state index in [9.17, 15) is 4.79 Å². The van der Waals surface area contributed by atoms with E-state index in [1.165, 1.54) is 0 Å². The molecule has 1 saturated heterocycles. The van der Waals surface area contributed by atoms with Gasteiger partial charge in [-0.25, -0.2) is 0 Å². The van der Waals surface area contributed by atoms with Gasteiger partial charge in [0.05, 0.1) is 29.6 Å². The number of aromatic nitrogens is 4. The minimum Gasteiger partial charge on any atom is -0.380 e. The van der Waals surface area contributed by atoms with E-state index in [2.05, 4.69) is 54.9 Å². The minimum atomic E-state index is 0.0333. The van der Waals surface area contributed by atoms with Crippen LogP contribution in [0.1, 0.15) is 13.3 Å². The van der Waals surface area contributed by atoms with Gasteiger partial charge >= 0.3 is 0 Å². The van der Waals surface area contributed by atoms with Crippen molar-refractivity contribution in [3.05, 3.63) is 48.8 Å². The maximum atomic E-state index is 12.3. The van der Waals surface area contributed by atoms with Gasteiger partial charge in [-0.3, -0.25) is 19.1 Å². The molecule has 0 bridgehead atoms. The number of nitrogens with zero attached hydrogens (tertiary/aromatic N) is 5. The van der Waals surface area contributed by atoms with Crippen molar-refractivity contribution in [2.24, 2.45) is 7.05 Å². The van der Waals surface area contributed by atoms with Crippen LogP contribution in [0.5, 0.6) is 0 Å². The second-order valence-corrected chi connectivity index (χ2v) is 9.82. The largest absolute Gasteiger partial charge is 0.380 e. The van der Waals surface area contributed by atoms with Crippen LogP contribution in [0.25, 0.3) is 33.3 Å². The zero-order chi connectivity index (χ0) is 24.6. The summed E-state index contributed by atoms with van der Waals surface area (Å²) in [5, 5.41) is 20.6. The molecule has 6 rings (SSSR count). The second kappa shape index (κ2) is 9.40. The smallest absolute Gasteiger partial charge is 0.226 e. The molecule has 1 atom stereocenters. The summed E-state index contributed by atoms with van der Waals surface area (Å²) in [5.41, 5.74) is 6.99. The van der Waals surface area contributed by atoms with Crippen LogP contribution in [0.2, 0.25) is 0 Å². The molecule has 2 aliphatic heterocycles. The zero-order valence-corrected chi connectivity index (χ0v) is 20.8. The summed E-state index contributed by atoms with van der Waals surface area (Å²) in [6.45, 7) is 8.07. The van der Waals surface area contributed by atoms with E-state index in [4.69, 9.17) is 5.10 Å². The number of nitrogens with one attached hydrogen (secondary N) is 3. The fourth-order valence-corrected chi connectivity index (χ4v) is 5.27. The maximum absolute atomic E-state index is 12.3. The first kappa shape index (κ1) is 22.8. The predicted octanol–water partition coefficient (Wildman–Crippen LogP) is 3.15. The molecule has 1 amide bonds. The van der Waals surface area contributed by atoms with Gasteiger partial charge in [0.25, 0.3) is 0 Å². The van der Waals surface area contributed by atoms with E-state index < -0.39 is 0 Å². The molecule has 2 aliphatic rings. The topological polar surface area (TPSA) is 92.0 Å². The third kappa shape index (κ3) is 4.36. The molecule has 0 radical (unpaired) electrons. The van der Waals surface area contributed by atoms with Gasteiger partial charge in [0, 0.05) is 74.9 Å². The van der Waals surface area contributed by atoms with Crippen LogP contribution in [0.15, 0.2) is 48.8 Å². The summed E-state index contributed by atoms with van der Waals surface area (Å²) in [7, 11) is 1.93. The second-order valence-electron chi connectivity index (χ2n) is 9.82. The summed E-state index contributed by atoms with van der Waals surface area (Å²) in [6.07, 6.45) is 4.34. The van der Waals surface area contributed by atoms with Crippen LogP contribution in [0.4, 0.5) is 11.4 Å². The standard InChI is InChI=1S/C27H32N8O/c1-18-14-25(36)31-23-5-3-4-21(27(23)30-18)19-6-7-24-22(15-19)26(20-16-29-33(2)17-20)32-35(24)13-12-34-10-8-28-9-11-34/h3-7,15-18,28,30H,8-14H2,1-2H3,(H,31,36)/t18-/m1/s1. The van der Waals surface area contributed by atoms with Crippen LogP contribution in [-0.2, 0) is 18.4 Å². The van der Waals surface area contributed by atoms with E-state index in [0.717, 1.165) is 83.9 Å². The van der Waals surface area contributed by atoms with Gasteiger partial charge in [-0.1, -0.05) is 18.2 Å². The molecule has 9 nitrogen and oxygen atoms in total. The lowest BCUT2D eigenvalue weighted by molar-refractivity contribution is -0.116. The lowest BCUT2D eigenvalue weighted by Gasteiger charge is -2.27. The van der Waals surface area contributed by atoms with Crippen molar-refractivity contribution in [1.29, 1.82) is 0 Å². The van der Waals surface area contributed by atoms with Gasteiger partial charge in [0.1, 0.15) is 5.69 Å². The molecule has 186 valence electrons. The SMILES string of the molecule is C[C@@H]1CC(=O)Nc2cccc(-c3ccc4c(c3)c(-c3cnn(C)c3)nn4CCN3CCNCC3)c2N1. The summed E-state index contributed by atoms with van der Waals surface area (Å²) < 4.78 is 3.95. The van der Waals surface area contributed by atoms with Crippen molar-refractivity contribution in [2.45, 2.75) is 25.9 Å². The molecule has 4 aromatic rings. The highest BCUT2D eigenvalue weighted by Crippen LogP contribution is 2.39. The third-order valence-electron chi connectivity index (χ3n) is 7.10. The van der Waals surface area contributed by atoms with E-state index >= 15 is 0 Å². The first-order valence-electron chi connectivity index (χ1n) is 12.7. The number of carbonyl (C=O) groups is 1. The highest BCUT2D eigenvalue weighted by molar-refractivity contribution is 6.02. The number of amides is 1. The predicted molar refractivity (Wildman–Crippen MR) is 143 cm³/mol. The fourth-order valence-electron chi connectivity index (χ4n) is 5.27. The van der Waals surface area contributed by atoms with Crippen molar-refractivity contribution in [3.63, 3.8) is 0 Å². The van der Waals surface area contributed by atoms with Crippen LogP contribution in [0.3, 0.4) is 0 Å². The Labute approximate surface area is 210 Å². The van der Waals surface area contributed by atoms with Crippen molar-refractivity contribution >= 4 is 28.2 Å². The molecule has 1 fully saturated rings.